The zero-order valence-electron chi connectivity index (χ0n) is 13.7. The van der Waals surface area contributed by atoms with E-state index >= 15 is 0 Å². The fraction of sp³-hybridized carbons (Fsp3) is 0.0500. The number of hydrogen-bond donors (Lipinski definition) is 2. The zero-order chi connectivity index (χ0) is 17.6. The molecule has 0 bridgehead atoms. The van der Waals surface area contributed by atoms with Gasteiger partial charge in [0.1, 0.15) is 12.1 Å². The summed E-state index contributed by atoms with van der Waals surface area (Å²) in [7, 11) is 0. The molecule has 0 aliphatic rings. The van der Waals surface area contributed by atoms with Crippen LogP contribution in [0.2, 0.25) is 0 Å². The standard InChI is InChI=1S/C20H16N4O/c1-14-10-16(13-25)4-7-19(14)23-18-8-9-22-20(11-18)24-17-5-2-15(12-21)3-6-17/h2-11,13H,1H3,(H2,22,23,24). The van der Waals surface area contributed by atoms with Crippen LogP contribution in [0, 0.1) is 18.3 Å². The minimum Gasteiger partial charge on any atom is -0.355 e. The lowest BCUT2D eigenvalue weighted by atomic mass is 10.1. The summed E-state index contributed by atoms with van der Waals surface area (Å²) in [5.41, 5.74) is 4.93. The first-order valence-electron chi connectivity index (χ1n) is 7.74. The molecule has 0 amide bonds. The Morgan fingerprint density at radius 3 is 2.48 bits per heavy atom. The van der Waals surface area contributed by atoms with Crippen molar-refractivity contribution in [3.05, 3.63) is 77.5 Å². The van der Waals surface area contributed by atoms with Crippen LogP contribution in [0.5, 0.6) is 0 Å². The molecule has 1 aromatic heterocycles. The molecule has 122 valence electrons. The van der Waals surface area contributed by atoms with E-state index < -0.39 is 0 Å². The maximum Gasteiger partial charge on any atom is 0.150 e. The summed E-state index contributed by atoms with van der Waals surface area (Å²) in [4.78, 5) is 15.1. The monoisotopic (exact) mass is 328 g/mol. The van der Waals surface area contributed by atoms with Gasteiger partial charge in [0.2, 0.25) is 0 Å². The average Bonchev–Trinajstić information content (AvgIpc) is 2.64. The Hall–Kier alpha value is -3.65. The van der Waals surface area contributed by atoms with E-state index in [0.29, 0.717) is 16.9 Å². The van der Waals surface area contributed by atoms with E-state index in [1.54, 1.807) is 24.4 Å². The number of anilines is 4. The third-order valence-corrected chi connectivity index (χ3v) is 3.71. The van der Waals surface area contributed by atoms with Crippen molar-refractivity contribution in [2.24, 2.45) is 0 Å². The zero-order valence-corrected chi connectivity index (χ0v) is 13.7. The molecule has 3 rings (SSSR count). The number of carbonyl (C=O) groups is 1. The van der Waals surface area contributed by atoms with Gasteiger partial charge in [-0.05, 0) is 61.0 Å². The molecule has 3 aromatic rings. The lowest BCUT2D eigenvalue weighted by molar-refractivity contribution is 0.112. The molecule has 0 radical (unpaired) electrons. The highest BCUT2D eigenvalue weighted by atomic mass is 16.1. The van der Waals surface area contributed by atoms with Gasteiger partial charge in [0.15, 0.2) is 0 Å². The second-order valence-electron chi connectivity index (χ2n) is 5.56. The summed E-state index contributed by atoms with van der Waals surface area (Å²) in [5, 5.41) is 15.4. The summed E-state index contributed by atoms with van der Waals surface area (Å²) in [6.45, 7) is 1.95. The van der Waals surface area contributed by atoms with E-state index in [9.17, 15) is 4.79 Å². The summed E-state index contributed by atoms with van der Waals surface area (Å²) < 4.78 is 0. The molecule has 1 heterocycles. The summed E-state index contributed by atoms with van der Waals surface area (Å²) in [6, 6.07) is 18.5. The summed E-state index contributed by atoms with van der Waals surface area (Å²) >= 11 is 0. The van der Waals surface area contributed by atoms with Crippen LogP contribution in [0.3, 0.4) is 0 Å². The average molecular weight is 328 g/mol. The smallest absolute Gasteiger partial charge is 0.150 e. The first-order valence-corrected chi connectivity index (χ1v) is 7.74. The number of carbonyl (C=O) groups excluding carboxylic acids is 1. The van der Waals surface area contributed by atoms with Gasteiger partial charge < -0.3 is 10.6 Å². The Morgan fingerprint density at radius 2 is 1.80 bits per heavy atom. The van der Waals surface area contributed by atoms with Crippen molar-refractivity contribution in [3.63, 3.8) is 0 Å². The van der Waals surface area contributed by atoms with Crippen molar-refractivity contribution in [1.82, 2.24) is 4.98 Å². The predicted octanol–water partition coefficient (Wildman–Crippen LogP) is 4.56. The highest BCUT2D eigenvalue weighted by molar-refractivity contribution is 5.78. The first-order chi connectivity index (χ1) is 12.2. The van der Waals surface area contributed by atoms with Crippen LogP contribution in [0.4, 0.5) is 22.9 Å². The van der Waals surface area contributed by atoms with E-state index in [0.717, 1.165) is 28.9 Å². The minimum absolute atomic E-state index is 0.614. The van der Waals surface area contributed by atoms with Crippen molar-refractivity contribution in [2.75, 3.05) is 10.6 Å². The van der Waals surface area contributed by atoms with E-state index in [-0.39, 0.29) is 0 Å². The summed E-state index contributed by atoms with van der Waals surface area (Å²) in [5.74, 6) is 0.692. The maximum absolute atomic E-state index is 10.8. The van der Waals surface area contributed by atoms with Crippen LogP contribution in [0.15, 0.2) is 60.8 Å². The van der Waals surface area contributed by atoms with Gasteiger partial charge in [0, 0.05) is 34.9 Å². The van der Waals surface area contributed by atoms with Crippen LogP contribution < -0.4 is 10.6 Å². The number of nitrogens with one attached hydrogen (secondary N) is 2. The first kappa shape index (κ1) is 16.2. The van der Waals surface area contributed by atoms with Gasteiger partial charge in [-0.2, -0.15) is 5.26 Å². The molecule has 0 saturated heterocycles. The molecule has 0 saturated carbocycles. The van der Waals surface area contributed by atoms with Gasteiger partial charge in [-0.3, -0.25) is 4.79 Å². The predicted molar refractivity (Wildman–Crippen MR) is 98.5 cm³/mol. The van der Waals surface area contributed by atoms with Crippen LogP contribution in [-0.2, 0) is 0 Å². The fourth-order valence-electron chi connectivity index (χ4n) is 2.41. The fourth-order valence-corrected chi connectivity index (χ4v) is 2.41. The number of pyridine rings is 1. The Morgan fingerprint density at radius 1 is 1.00 bits per heavy atom. The number of hydrogen-bond acceptors (Lipinski definition) is 5. The number of nitrogens with zero attached hydrogens (tertiary/aromatic N) is 2. The molecule has 0 aliphatic carbocycles. The Labute approximate surface area is 146 Å². The van der Waals surface area contributed by atoms with Gasteiger partial charge in [0.05, 0.1) is 11.6 Å². The quantitative estimate of drug-likeness (QED) is 0.671. The second kappa shape index (κ2) is 7.28. The van der Waals surface area contributed by atoms with Crippen molar-refractivity contribution < 1.29 is 4.79 Å². The molecule has 25 heavy (non-hydrogen) atoms. The molecular weight excluding hydrogens is 312 g/mol. The van der Waals surface area contributed by atoms with E-state index in [2.05, 4.69) is 21.7 Å². The molecule has 0 unspecified atom stereocenters. The van der Waals surface area contributed by atoms with Crippen molar-refractivity contribution >= 4 is 29.2 Å². The number of aryl methyl sites for hydroxylation is 1. The van der Waals surface area contributed by atoms with Crippen molar-refractivity contribution in [3.8, 4) is 6.07 Å². The molecule has 0 fully saturated rings. The number of aldehydes is 1. The van der Waals surface area contributed by atoms with Crippen LogP contribution in [0.1, 0.15) is 21.5 Å². The topological polar surface area (TPSA) is 77.8 Å². The molecule has 5 heteroatoms. The van der Waals surface area contributed by atoms with E-state index in [4.69, 9.17) is 5.26 Å². The lowest BCUT2D eigenvalue weighted by Crippen LogP contribution is -1.97. The van der Waals surface area contributed by atoms with Gasteiger partial charge in [-0.1, -0.05) is 0 Å². The van der Waals surface area contributed by atoms with Crippen molar-refractivity contribution in [2.45, 2.75) is 6.92 Å². The Balaban J connectivity index is 1.77. The number of benzene rings is 2. The SMILES string of the molecule is Cc1cc(C=O)ccc1Nc1ccnc(Nc2ccc(C#N)cc2)c1. The normalized spacial score (nSPS) is 9.92. The Bertz CT molecular complexity index is 943. The number of aromatic nitrogens is 1. The molecule has 0 atom stereocenters. The van der Waals surface area contributed by atoms with E-state index in [1.807, 2.05) is 43.3 Å². The second-order valence-corrected chi connectivity index (χ2v) is 5.56. The molecule has 2 N–H and O–H groups in total. The molecule has 0 spiro atoms. The van der Waals surface area contributed by atoms with E-state index in [1.165, 1.54) is 0 Å². The van der Waals surface area contributed by atoms with Gasteiger partial charge in [0.25, 0.3) is 0 Å². The minimum atomic E-state index is 0.614. The number of rotatable bonds is 5. The largest absolute Gasteiger partial charge is 0.355 e. The number of nitriles is 1. The van der Waals surface area contributed by atoms with Crippen LogP contribution in [0.25, 0.3) is 0 Å². The molecular formula is C20H16N4O. The molecule has 5 nitrogen and oxygen atoms in total. The van der Waals surface area contributed by atoms with Gasteiger partial charge in [-0.15, -0.1) is 0 Å². The van der Waals surface area contributed by atoms with Gasteiger partial charge >= 0.3 is 0 Å². The third-order valence-electron chi connectivity index (χ3n) is 3.71. The molecule has 0 aliphatic heterocycles. The third kappa shape index (κ3) is 4.01. The maximum atomic E-state index is 10.8. The van der Waals surface area contributed by atoms with Crippen LogP contribution >= 0.6 is 0 Å². The highest BCUT2D eigenvalue weighted by Gasteiger charge is 2.03. The summed E-state index contributed by atoms with van der Waals surface area (Å²) in [6.07, 6.45) is 2.55. The Kier molecular flexibility index (Phi) is 4.72. The lowest BCUT2D eigenvalue weighted by Gasteiger charge is -2.12. The van der Waals surface area contributed by atoms with Crippen molar-refractivity contribution in [1.29, 1.82) is 5.26 Å². The highest BCUT2D eigenvalue weighted by Crippen LogP contribution is 2.24. The van der Waals surface area contributed by atoms with Gasteiger partial charge in [-0.25, -0.2) is 4.98 Å². The van der Waals surface area contributed by atoms with Crippen LogP contribution in [-0.4, -0.2) is 11.3 Å². The molecule has 2 aromatic carbocycles.